The van der Waals surface area contributed by atoms with Gasteiger partial charge in [-0.3, -0.25) is 9.59 Å². The van der Waals surface area contributed by atoms with Crippen molar-refractivity contribution in [2.75, 3.05) is 0 Å². The Morgan fingerprint density at radius 3 is 2.58 bits per heavy atom. The molecule has 0 bridgehead atoms. The second kappa shape index (κ2) is 7.54. The lowest BCUT2D eigenvalue weighted by Crippen LogP contribution is -2.42. The highest BCUT2D eigenvalue weighted by atomic mass is 19.1. The first kappa shape index (κ1) is 17.4. The number of nitrogens with one attached hydrogen (secondary N) is 1. The van der Waals surface area contributed by atoms with Crippen LogP contribution in [0.1, 0.15) is 22.8 Å². The summed E-state index contributed by atoms with van der Waals surface area (Å²) < 4.78 is 32.5. The van der Waals surface area contributed by atoms with Crippen molar-refractivity contribution in [2.24, 2.45) is 5.73 Å². The molecule has 1 unspecified atom stereocenters. The number of carbonyl (C=O) groups excluding carboxylic acids is 2. The van der Waals surface area contributed by atoms with E-state index in [1.165, 1.54) is 31.2 Å². The third-order valence-corrected chi connectivity index (χ3v) is 3.25. The molecule has 0 aromatic heterocycles. The fourth-order valence-electron chi connectivity index (χ4n) is 1.91. The van der Waals surface area contributed by atoms with Gasteiger partial charge in [-0.2, -0.15) is 0 Å². The number of rotatable bonds is 6. The highest BCUT2D eigenvalue weighted by molar-refractivity contribution is 5.97. The van der Waals surface area contributed by atoms with Crippen LogP contribution in [0.3, 0.4) is 0 Å². The highest BCUT2D eigenvalue weighted by Crippen LogP contribution is 2.18. The van der Waals surface area contributed by atoms with Gasteiger partial charge in [-0.25, -0.2) is 8.78 Å². The minimum absolute atomic E-state index is 0.0570. The van der Waals surface area contributed by atoms with E-state index in [1.54, 1.807) is 12.1 Å². The van der Waals surface area contributed by atoms with Crippen LogP contribution in [0.5, 0.6) is 5.75 Å². The average Bonchev–Trinajstić information content (AvgIpc) is 2.52. The molecule has 2 amide bonds. The van der Waals surface area contributed by atoms with Gasteiger partial charge in [-0.15, -0.1) is 0 Å². The Morgan fingerprint density at radius 2 is 1.96 bits per heavy atom. The second-order valence-electron chi connectivity index (χ2n) is 5.16. The Labute approximate surface area is 137 Å². The number of ether oxygens (including phenoxy) is 1. The molecule has 3 N–H and O–H groups in total. The molecule has 0 aliphatic heterocycles. The van der Waals surface area contributed by atoms with Crippen LogP contribution in [0.4, 0.5) is 8.78 Å². The molecule has 0 saturated heterocycles. The van der Waals surface area contributed by atoms with Gasteiger partial charge in [0.25, 0.3) is 5.91 Å². The van der Waals surface area contributed by atoms with E-state index in [1.807, 2.05) is 0 Å². The molecule has 0 aliphatic rings. The zero-order chi connectivity index (χ0) is 17.7. The Hall–Kier alpha value is -2.96. The van der Waals surface area contributed by atoms with Crippen LogP contribution in [0.25, 0.3) is 0 Å². The Morgan fingerprint density at radius 1 is 1.21 bits per heavy atom. The molecule has 2 aromatic carbocycles. The molecule has 5 nitrogen and oxygen atoms in total. The monoisotopic (exact) mass is 334 g/mol. The number of primary amides is 1. The Bertz CT molecular complexity index is 765. The molecule has 0 saturated carbocycles. The van der Waals surface area contributed by atoms with E-state index >= 15 is 0 Å². The maximum Gasteiger partial charge on any atom is 0.254 e. The summed E-state index contributed by atoms with van der Waals surface area (Å²) in [6, 6.07) is 8.61. The largest absolute Gasteiger partial charge is 0.489 e. The molecule has 2 aromatic rings. The lowest BCUT2D eigenvalue weighted by Gasteiger charge is -2.12. The number of nitrogens with two attached hydrogens (primary N) is 1. The van der Waals surface area contributed by atoms with E-state index < -0.39 is 29.5 Å². The standard InChI is InChI=1S/C17H16F2N2O3/c1-10(16(20)22)21-17(23)14-6-5-13(8-15(14)19)24-9-11-3-2-4-12(18)7-11/h2-8,10H,9H2,1H3,(H2,20,22)(H,21,23). The smallest absolute Gasteiger partial charge is 0.254 e. The quantitative estimate of drug-likeness (QED) is 0.849. The summed E-state index contributed by atoms with van der Waals surface area (Å²) in [6.07, 6.45) is 0. The van der Waals surface area contributed by atoms with Gasteiger partial charge in [-0.1, -0.05) is 12.1 Å². The molecule has 2 rings (SSSR count). The summed E-state index contributed by atoms with van der Waals surface area (Å²) in [5.41, 5.74) is 5.39. The van der Waals surface area contributed by atoms with Gasteiger partial charge in [0, 0.05) is 6.07 Å². The molecule has 0 fully saturated rings. The summed E-state index contributed by atoms with van der Waals surface area (Å²) in [4.78, 5) is 22.8. The van der Waals surface area contributed by atoms with Crippen molar-refractivity contribution in [3.05, 3.63) is 65.2 Å². The summed E-state index contributed by atoms with van der Waals surface area (Å²) in [5, 5.41) is 2.28. The maximum absolute atomic E-state index is 14.0. The van der Waals surface area contributed by atoms with Gasteiger partial charge in [0.05, 0.1) is 5.56 Å². The highest BCUT2D eigenvalue weighted by Gasteiger charge is 2.17. The van der Waals surface area contributed by atoms with E-state index in [0.29, 0.717) is 5.56 Å². The molecular weight excluding hydrogens is 318 g/mol. The van der Waals surface area contributed by atoms with Crippen LogP contribution in [-0.2, 0) is 11.4 Å². The van der Waals surface area contributed by atoms with Gasteiger partial charge in [0.2, 0.25) is 5.91 Å². The van der Waals surface area contributed by atoms with E-state index in [-0.39, 0.29) is 17.9 Å². The van der Waals surface area contributed by atoms with Crippen molar-refractivity contribution in [3.8, 4) is 5.75 Å². The molecule has 7 heteroatoms. The Kier molecular flexibility index (Phi) is 5.47. The van der Waals surface area contributed by atoms with Gasteiger partial charge in [-0.05, 0) is 36.8 Å². The third-order valence-electron chi connectivity index (χ3n) is 3.25. The van der Waals surface area contributed by atoms with Crippen molar-refractivity contribution in [3.63, 3.8) is 0 Å². The third kappa shape index (κ3) is 4.52. The van der Waals surface area contributed by atoms with Crippen molar-refractivity contribution in [1.29, 1.82) is 0 Å². The molecule has 126 valence electrons. The first-order chi connectivity index (χ1) is 11.4. The van der Waals surface area contributed by atoms with E-state index in [2.05, 4.69) is 5.32 Å². The maximum atomic E-state index is 14.0. The molecule has 0 radical (unpaired) electrons. The van der Waals surface area contributed by atoms with Crippen LogP contribution in [0.2, 0.25) is 0 Å². The molecule has 1 atom stereocenters. The summed E-state index contributed by atoms with van der Waals surface area (Å²) in [5.74, 6) is -2.48. The predicted octanol–water partition coefficient (Wildman–Crippen LogP) is 2.15. The zero-order valence-corrected chi connectivity index (χ0v) is 12.9. The normalized spacial score (nSPS) is 11.6. The fourth-order valence-corrected chi connectivity index (χ4v) is 1.91. The summed E-state index contributed by atoms with van der Waals surface area (Å²) in [6.45, 7) is 1.45. The Balaban J connectivity index is 2.03. The zero-order valence-electron chi connectivity index (χ0n) is 12.9. The number of benzene rings is 2. The number of hydrogen-bond donors (Lipinski definition) is 2. The number of carbonyl (C=O) groups is 2. The van der Waals surface area contributed by atoms with Crippen molar-refractivity contribution in [1.82, 2.24) is 5.32 Å². The first-order valence-corrected chi connectivity index (χ1v) is 7.14. The number of hydrogen-bond acceptors (Lipinski definition) is 3. The number of amides is 2. The molecule has 0 heterocycles. The van der Waals surface area contributed by atoms with E-state index in [4.69, 9.17) is 10.5 Å². The van der Waals surface area contributed by atoms with Crippen molar-refractivity contribution >= 4 is 11.8 Å². The molecule has 0 aliphatic carbocycles. The predicted molar refractivity (Wildman–Crippen MR) is 83.3 cm³/mol. The van der Waals surface area contributed by atoms with Gasteiger partial charge in [0.1, 0.15) is 30.0 Å². The lowest BCUT2D eigenvalue weighted by molar-refractivity contribution is -0.119. The van der Waals surface area contributed by atoms with E-state index in [0.717, 1.165) is 6.07 Å². The molecule has 0 spiro atoms. The summed E-state index contributed by atoms with van der Waals surface area (Å²) in [7, 11) is 0. The van der Waals surface area contributed by atoms with Gasteiger partial charge >= 0.3 is 0 Å². The lowest BCUT2D eigenvalue weighted by atomic mass is 10.1. The SMILES string of the molecule is CC(NC(=O)c1ccc(OCc2cccc(F)c2)cc1F)C(N)=O. The van der Waals surface area contributed by atoms with Crippen LogP contribution < -0.4 is 15.8 Å². The molecule has 24 heavy (non-hydrogen) atoms. The summed E-state index contributed by atoms with van der Waals surface area (Å²) >= 11 is 0. The van der Waals surface area contributed by atoms with Crippen LogP contribution in [0.15, 0.2) is 42.5 Å². The van der Waals surface area contributed by atoms with Crippen LogP contribution in [-0.4, -0.2) is 17.9 Å². The molecular formula is C17H16F2N2O3. The topological polar surface area (TPSA) is 81.4 Å². The number of halogens is 2. The van der Waals surface area contributed by atoms with Gasteiger partial charge in [0.15, 0.2) is 0 Å². The van der Waals surface area contributed by atoms with Gasteiger partial charge < -0.3 is 15.8 Å². The average molecular weight is 334 g/mol. The van der Waals surface area contributed by atoms with E-state index in [9.17, 15) is 18.4 Å². The second-order valence-corrected chi connectivity index (χ2v) is 5.16. The van der Waals surface area contributed by atoms with Crippen LogP contribution in [0, 0.1) is 11.6 Å². The minimum Gasteiger partial charge on any atom is -0.489 e. The first-order valence-electron chi connectivity index (χ1n) is 7.14. The van der Waals surface area contributed by atoms with Crippen molar-refractivity contribution < 1.29 is 23.1 Å². The minimum atomic E-state index is -0.916. The van der Waals surface area contributed by atoms with Crippen molar-refractivity contribution in [2.45, 2.75) is 19.6 Å². The van der Waals surface area contributed by atoms with Crippen LogP contribution >= 0.6 is 0 Å². The fraction of sp³-hybridized carbons (Fsp3) is 0.176.